The Morgan fingerprint density at radius 2 is 1.70 bits per heavy atom. The van der Waals surface area contributed by atoms with Crippen molar-refractivity contribution in [2.24, 2.45) is 0 Å². The van der Waals surface area contributed by atoms with E-state index in [4.69, 9.17) is 9.78 Å². The predicted octanol–water partition coefficient (Wildman–Crippen LogP) is 5.40. The Bertz CT molecular complexity index is 445. The van der Waals surface area contributed by atoms with Crippen LogP contribution in [0.4, 0.5) is 0 Å². The normalized spacial score (nSPS) is 12.1. The average Bonchev–Trinajstić information content (AvgIpc) is 2.55. The molecule has 0 saturated carbocycles. The Kier molecular flexibility index (Phi) is 10.1. The topological polar surface area (TPSA) is 55.8 Å². The van der Waals surface area contributed by atoms with Gasteiger partial charge in [-0.15, -0.1) is 0 Å². The van der Waals surface area contributed by atoms with E-state index in [1.807, 2.05) is 0 Å². The molecule has 0 radical (unpaired) electrons. The number of hydrogen-bond acceptors (Lipinski definition) is 4. The molecule has 0 heterocycles. The van der Waals surface area contributed by atoms with Crippen LogP contribution in [-0.4, -0.2) is 17.2 Å². The number of unbranched alkanes of at least 4 members (excludes halogenated alkanes) is 5. The van der Waals surface area contributed by atoms with Gasteiger partial charge in [-0.2, -0.15) is 4.89 Å². The minimum atomic E-state index is -0.646. The zero-order valence-electron chi connectivity index (χ0n) is 14.4. The number of rotatable bonds is 12. The number of carbonyl (C=O) groups is 1. The van der Waals surface area contributed by atoms with Crippen molar-refractivity contribution in [3.8, 4) is 5.75 Å². The third-order valence-corrected chi connectivity index (χ3v) is 3.87. The molecule has 1 rings (SSSR count). The molecule has 4 heteroatoms. The van der Waals surface area contributed by atoms with Crippen LogP contribution in [0.25, 0.3) is 0 Å². The first kappa shape index (κ1) is 19.5. The van der Waals surface area contributed by atoms with Gasteiger partial charge in [0.2, 0.25) is 0 Å². The largest absolute Gasteiger partial charge is 0.507 e. The zero-order valence-corrected chi connectivity index (χ0v) is 14.4. The number of benzene rings is 1. The molecule has 1 aromatic carbocycles. The first-order valence-corrected chi connectivity index (χ1v) is 8.84. The smallest absolute Gasteiger partial charge is 0.376 e. The molecule has 0 aliphatic carbocycles. The highest BCUT2D eigenvalue weighted by Gasteiger charge is 2.16. The molecular weight excluding hydrogens is 292 g/mol. The Hall–Kier alpha value is -1.55. The summed E-state index contributed by atoms with van der Waals surface area (Å²) < 4.78 is 0. The summed E-state index contributed by atoms with van der Waals surface area (Å²) in [5.41, 5.74) is 0.127. The minimum absolute atomic E-state index is 0.0685. The summed E-state index contributed by atoms with van der Waals surface area (Å²) in [6.45, 7) is 4.30. The van der Waals surface area contributed by atoms with Crippen LogP contribution in [0.3, 0.4) is 0 Å². The minimum Gasteiger partial charge on any atom is -0.507 e. The lowest BCUT2D eigenvalue weighted by molar-refractivity contribution is -0.277. The van der Waals surface area contributed by atoms with E-state index in [0.29, 0.717) is 0 Å². The van der Waals surface area contributed by atoms with E-state index in [1.54, 1.807) is 12.1 Å². The molecular formula is C19H30O4. The van der Waals surface area contributed by atoms with Crippen LogP contribution in [0.5, 0.6) is 5.75 Å². The quantitative estimate of drug-likeness (QED) is 0.318. The molecule has 0 aliphatic heterocycles. The van der Waals surface area contributed by atoms with E-state index in [9.17, 15) is 9.90 Å². The Labute approximate surface area is 139 Å². The van der Waals surface area contributed by atoms with Gasteiger partial charge in [-0.05, 0) is 25.0 Å². The van der Waals surface area contributed by atoms with Crippen molar-refractivity contribution in [1.29, 1.82) is 0 Å². The average molecular weight is 322 g/mol. The third kappa shape index (κ3) is 8.03. The molecule has 0 aliphatic rings. The van der Waals surface area contributed by atoms with E-state index >= 15 is 0 Å². The van der Waals surface area contributed by atoms with Gasteiger partial charge in [-0.3, -0.25) is 4.89 Å². The van der Waals surface area contributed by atoms with Crippen LogP contribution in [0.15, 0.2) is 24.3 Å². The second-order valence-electron chi connectivity index (χ2n) is 5.95. The molecule has 0 spiro atoms. The van der Waals surface area contributed by atoms with Crippen molar-refractivity contribution in [3.63, 3.8) is 0 Å². The van der Waals surface area contributed by atoms with E-state index in [0.717, 1.165) is 25.7 Å². The van der Waals surface area contributed by atoms with Gasteiger partial charge in [0.25, 0.3) is 0 Å². The predicted molar refractivity (Wildman–Crippen MR) is 91.3 cm³/mol. The van der Waals surface area contributed by atoms with Gasteiger partial charge in [-0.1, -0.05) is 70.9 Å². The summed E-state index contributed by atoms with van der Waals surface area (Å²) in [6, 6.07) is 6.31. The third-order valence-electron chi connectivity index (χ3n) is 3.87. The first-order chi connectivity index (χ1) is 11.2. The number of phenols is 1. The van der Waals surface area contributed by atoms with Gasteiger partial charge in [-0.25, -0.2) is 4.79 Å². The van der Waals surface area contributed by atoms with Gasteiger partial charge >= 0.3 is 5.97 Å². The fraction of sp³-hybridized carbons (Fsp3) is 0.632. The number of hydrogen-bond donors (Lipinski definition) is 1. The van der Waals surface area contributed by atoms with Crippen molar-refractivity contribution in [2.45, 2.75) is 77.7 Å². The van der Waals surface area contributed by atoms with Crippen molar-refractivity contribution >= 4 is 5.97 Å². The van der Waals surface area contributed by atoms with Gasteiger partial charge in [0.15, 0.2) is 0 Å². The molecule has 23 heavy (non-hydrogen) atoms. The summed E-state index contributed by atoms with van der Waals surface area (Å²) in [7, 11) is 0. The van der Waals surface area contributed by atoms with Crippen molar-refractivity contribution in [1.82, 2.24) is 0 Å². The van der Waals surface area contributed by atoms with Crippen LogP contribution >= 0.6 is 0 Å². The van der Waals surface area contributed by atoms with Crippen molar-refractivity contribution in [3.05, 3.63) is 29.8 Å². The standard InChI is InChI=1S/C19H30O4/c1-3-5-6-7-8-9-13-16(12-4-2)22-23-19(21)17-14-10-11-15-18(17)20/h10-11,14-16,20H,3-9,12-13H2,1-2H3. The van der Waals surface area contributed by atoms with Crippen LogP contribution < -0.4 is 0 Å². The maximum absolute atomic E-state index is 11.9. The van der Waals surface area contributed by atoms with Crippen LogP contribution in [0.2, 0.25) is 0 Å². The molecule has 130 valence electrons. The van der Waals surface area contributed by atoms with Crippen LogP contribution in [0, 0.1) is 0 Å². The molecule has 0 fully saturated rings. The van der Waals surface area contributed by atoms with Gasteiger partial charge in [0.05, 0.1) is 0 Å². The molecule has 4 nitrogen and oxygen atoms in total. The van der Waals surface area contributed by atoms with E-state index < -0.39 is 5.97 Å². The summed E-state index contributed by atoms with van der Waals surface area (Å²) >= 11 is 0. The van der Waals surface area contributed by atoms with Gasteiger partial charge in [0.1, 0.15) is 17.4 Å². The fourth-order valence-electron chi connectivity index (χ4n) is 2.52. The summed E-state index contributed by atoms with van der Waals surface area (Å²) in [5, 5.41) is 9.64. The number of carbonyl (C=O) groups excluding carboxylic acids is 1. The maximum atomic E-state index is 11.9. The molecule has 0 saturated heterocycles. The molecule has 1 unspecified atom stereocenters. The van der Waals surface area contributed by atoms with Gasteiger partial charge < -0.3 is 5.11 Å². The van der Waals surface area contributed by atoms with Crippen LogP contribution in [-0.2, 0) is 9.78 Å². The highest BCUT2D eigenvalue weighted by molar-refractivity contribution is 5.91. The summed E-state index contributed by atoms with van der Waals surface area (Å²) in [5.74, 6) is -0.740. The highest BCUT2D eigenvalue weighted by Crippen LogP contribution is 2.19. The second kappa shape index (κ2) is 11.9. The fourth-order valence-corrected chi connectivity index (χ4v) is 2.52. The Morgan fingerprint density at radius 3 is 2.39 bits per heavy atom. The monoisotopic (exact) mass is 322 g/mol. The van der Waals surface area contributed by atoms with E-state index in [1.165, 1.54) is 44.2 Å². The van der Waals surface area contributed by atoms with E-state index in [-0.39, 0.29) is 17.4 Å². The number of para-hydroxylation sites is 1. The number of phenolic OH excluding ortho intramolecular Hbond substituents is 1. The summed E-state index contributed by atoms with van der Waals surface area (Å²) in [4.78, 5) is 22.2. The van der Waals surface area contributed by atoms with Gasteiger partial charge in [0, 0.05) is 0 Å². The van der Waals surface area contributed by atoms with Crippen molar-refractivity contribution in [2.75, 3.05) is 0 Å². The molecule has 0 amide bonds. The van der Waals surface area contributed by atoms with E-state index in [2.05, 4.69) is 13.8 Å². The molecule has 0 aromatic heterocycles. The lowest BCUT2D eigenvalue weighted by Crippen LogP contribution is -2.17. The maximum Gasteiger partial charge on any atom is 0.376 e. The first-order valence-electron chi connectivity index (χ1n) is 8.84. The molecule has 1 N–H and O–H groups in total. The second-order valence-corrected chi connectivity index (χ2v) is 5.95. The Balaban J connectivity index is 2.32. The summed E-state index contributed by atoms with van der Waals surface area (Å²) in [6.07, 6.45) is 10.0. The molecule has 1 aromatic rings. The zero-order chi connectivity index (χ0) is 16.9. The lowest BCUT2D eigenvalue weighted by atomic mass is 10.0. The molecule has 0 bridgehead atoms. The highest BCUT2D eigenvalue weighted by atomic mass is 17.2. The SMILES string of the molecule is CCCCCCCCC(CCC)OOC(=O)c1ccccc1O. The van der Waals surface area contributed by atoms with Crippen molar-refractivity contribution < 1.29 is 19.7 Å². The lowest BCUT2D eigenvalue weighted by Gasteiger charge is -2.15. The number of aromatic hydroxyl groups is 1. The Morgan fingerprint density at radius 1 is 1.00 bits per heavy atom. The molecule has 1 atom stereocenters. The van der Waals surface area contributed by atoms with Crippen LogP contribution in [0.1, 0.15) is 82.0 Å².